The van der Waals surface area contributed by atoms with Gasteiger partial charge in [0.15, 0.2) is 0 Å². The minimum absolute atomic E-state index is 0.0150. The van der Waals surface area contributed by atoms with E-state index in [0.29, 0.717) is 5.75 Å². The van der Waals surface area contributed by atoms with E-state index in [1.54, 1.807) is 16.7 Å². The van der Waals surface area contributed by atoms with Crippen molar-refractivity contribution in [2.24, 2.45) is 0 Å². The van der Waals surface area contributed by atoms with Crippen LogP contribution in [-0.4, -0.2) is 66.6 Å². The molecule has 1 aromatic carbocycles. The Morgan fingerprint density at radius 1 is 1.29 bits per heavy atom. The number of para-hydroxylation sites is 1. The molecular formula is C18H25N3O2S. The Kier molecular flexibility index (Phi) is 5.46. The number of rotatable bonds is 4. The molecule has 0 unspecified atom stereocenters. The highest BCUT2D eigenvalue weighted by atomic mass is 32.2. The van der Waals surface area contributed by atoms with Crippen LogP contribution in [-0.2, 0) is 9.59 Å². The van der Waals surface area contributed by atoms with E-state index in [2.05, 4.69) is 11.8 Å². The summed E-state index contributed by atoms with van der Waals surface area (Å²) in [7, 11) is 1.88. The van der Waals surface area contributed by atoms with Gasteiger partial charge in [-0.2, -0.15) is 0 Å². The van der Waals surface area contributed by atoms with Crippen molar-refractivity contribution in [3.05, 3.63) is 24.3 Å². The Balaban J connectivity index is 1.65. The van der Waals surface area contributed by atoms with Crippen molar-refractivity contribution in [1.82, 2.24) is 9.80 Å². The minimum atomic E-state index is 0.0150. The lowest BCUT2D eigenvalue weighted by Gasteiger charge is -2.37. The number of piperidine rings is 1. The van der Waals surface area contributed by atoms with Gasteiger partial charge in [-0.1, -0.05) is 19.1 Å². The standard InChI is InChI=1S/C18H25N3O2S/c1-3-20-10-8-14(9-11-20)19(2)17(22)12-21-15-6-4-5-7-16(15)24-13-18(21)23/h4-7,14H,3,8-13H2,1-2H3. The number of nitrogens with zero attached hydrogens (tertiary/aromatic N) is 3. The van der Waals surface area contributed by atoms with Crippen LogP contribution in [0.25, 0.3) is 0 Å². The molecule has 0 radical (unpaired) electrons. The molecule has 2 heterocycles. The molecule has 5 nitrogen and oxygen atoms in total. The fraction of sp³-hybridized carbons (Fsp3) is 0.556. The smallest absolute Gasteiger partial charge is 0.242 e. The first kappa shape index (κ1) is 17.3. The maximum atomic E-state index is 12.7. The van der Waals surface area contributed by atoms with Crippen LogP contribution in [0.15, 0.2) is 29.2 Å². The molecule has 6 heteroatoms. The van der Waals surface area contributed by atoms with Crippen LogP contribution in [0.3, 0.4) is 0 Å². The zero-order valence-corrected chi connectivity index (χ0v) is 15.2. The lowest BCUT2D eigenvalue weighted by Crippen LogP contribution is -2.50. The van der Waals surface area contributed by atoms with E-state index in [9.17, 15) is 9.59 Å². The number of likely N-dealkylation sites (N-methyl/N-ethyl adjacent to an activating group) is 1. The molecule has 0 aromatic heterocycles. The summed E-state index contributed by atoms with van der Waals surface area (Å²) < 4.78 is 0. The van der Waals surface area contributed by atoms with Gasteiger partial charge in [-0.3, -0.25) is 9.59 Å². The lowest BCUT2D eigenvalue weighted by molar-refractivity contribution is -0.132. The topological polar surface area (TPSA) is 43.9 Å². The monoisotopic (exact) mass is 347 g/mol. The van der Waals surface area contributed by atoms with Crippen LogP contribution in [0.1, 0.15) is 19.8 Å². The molecule has 0 bridgehead atoms. The van der Waals surface area contributed by atoms with Crippen LogP contribution >= 0.6 is 11.8 Å². The summed E-state index contributed by atoms with van der Waals surface area (Å²) in [6, 6.07) is 8.10. The van der Waals surface area contributed by atoms with Crippen molar-refractivity contribution in [2.75, 3.05) is 43.9 Å². The molecule has 1 fully saturated rings. The fourth-order valence-corrected chi connectivity index (χ4v) is 4.34. The van der Waals surface area contributed by atoms with Crippen LogP contribution in [0.4, 0.5) is 5.69 Å². The van der Waals surface area contributed by atoms with E-state index in [4.69, 9.17) is 0 Å². The molecule has 2 aliphatic rings. The maximum Gasteiger partial charge on any atom is 0.242 e. The second-order valence-corrected chi connectivity index (χ2v) is 7.42. The first-order chi connectivity index (χ1) is 11.6. The molecule has 0 atom stereocenters. The molecule has 0 aliphatic carbocycles. The van der Waals surface area contributed by atoms with Gasteiger partial charge in [0.2, 0.25) is 11.8 Å². The molecule has 2 amide bonds. The SMILES string of the molecule is CCN1CCC(N(C)C(=O)CN2C(=O)CSc3ccccc32)CC1. The molecule has 130 valence electrons. The highest BCUT2D eigenvalue weighted by Crippen LogP contribution is 2.34. The number of thioether (sulfide) groups is 1. The van der Waals surface area contributed by atoms with Gasteiger partial charge in [-0.15, -0.1) is 11.8 Å². The summed E-state index contributed by atoms with van der Waals surface area (Å²) in [6.45, 7) is 5.47. The third-order valence-corrected chi connectivity index (χ3v) is 6.09. The number of hydrogen-bond donors (Lipinski definition) is 0. The van der Waals surface area contributed by atoms with Crippen LogP contribution < -0.4 is 4.90 Å². The van der Waals surface area contributed by atoms with Gasteiger partial charge in [0.1, 0.15) is 6.54 Å². The average molecular weight is 347 g/mol. The first-order valence-electron chi connectivity index (χ1n) is 8.60. The Hall–Kier alpha value is -1.53. The zero-order valence-electron chi connectivity index (χ0n) is 14.4. The Bertz CT molecular complexity index is 614. The normalized spacial score (nSPS) is 19.2. The number of anilines is 1. The number of benzene rings is 1. The number of hydrogen-bond acceptors (Lipinski definition) is 4. The average Bonchev–Trinajstić information content (AvgIpc) is 2.63. The van der Waals surface area contributed by atoms with E-state index in [-0.39, 0.29) is 24.4 Å². The van der Waals surface area contributed by atoms with Gasteiger partial charge in [-0.25, -0.2) is 0 Å². The Labute approximate surface area is 148 Å². The van der Waals surface area contributed by atoms with Gasteiger partial charge in [0, 0.05) is 31.1 Å². The van der Waals surface area contributed by atoms with Crippen molar-refractivity contribution in [2.45, 2.75) is 30.7 Å². The quantitative estimate of drug-likeness (QED) is 0.836. The van der Waals surface area contributed by atoms with Gasteiger partial charge in [-0.05, 0) is 31.5 Å². The number of carbonyl (C=O) groups is 2. The van der Waals surface area contributed by atoms with Crippen LogP contribution in [0.2, 0.25) is 0 Å². The van der Waals surface area contributed by atoms with Gasteiger partial charge in [0.05, 0.1) is 11.4 Å². The summed E-state index contributed by atoms with van der Waals surface area (Å²) in [5.41, 5.74) is 0.862. The zero-order chi connectivity index (χ0) is 17.1. The molecule has 24 heavy (non-hydrogen) atoms. The van der Waals surface area contributed by atoms with Crippen LogP contribution in [0, 0.1) is 0 Å². The highest BCUT2D eigenvalue weighted by molar-refractivity contribution is 8.00. The highest BCUT2D eigenvalue weighted by Gasteiger charge is 2.30. The molecule has 0 spiro atoms. The van der Waals surface area contributed by atoms with E-state index in [1.807, 2.05) is 36.2 Å². The van der Waals surface area contributed by atoms with Crippen LogP contribution in [0.5, 0.6) is 0 Å². The molecule has 3 rings (SSSR count). The maximum absolute atomic E-state index is 12.7. The van der Waals surface area contributed by atoms with Crippen molar-refractivity contribution < 1.29 is 9.59 Å². The van der Waals surface area contributed by atoms with Gasteiger partial charge in [0.25, 0.3) is 0 Å². The summed E-state index contributed by atoms with van der Waals surface area (Å²) in [6.07, 6.45) is 2.02. The predicted octanol–water partition coefficient (Wildman–Crippen LogP) is 2.07. The molecule has 2 aliphatic heterocycles. The third-order valence-electron chi connectivity index (χ3n) is 5.05. The van der Waals surface area contributed by atoms with Crippen molar-refractivity contribution in [1.29, 1.82) is 0 Å². The second-order valence-electron chi connectivity index (χ2n) is 6.41. The van der Waals surface area contributed by atoms with Crippen molar-refractivity contribution in [3.8, 4) is 0 Å². The lowest BCUT2D eigenvalue weighted by atomic mass is 10.0. The Morgan fingerprint density at radius 3 is 2.71 bits per heavy atom. The number of carbonyl (C=O) groups excluding carboxylic acids is 2. The fourth-order valence-electron chi connectivity index (χ4n) is 3.40. The summed E-state index contributed by atoms with van der Waals surface area (Å²) >= 11 is 1.55. The molecule has 0 N–H and O–H groups in total. The summed E-state index contributed by atoms with van der Waals surface area (Å²) in [4.78, 5) is 32.0. The molecule has 0 saturated carbocycles. The minimum Gasteiger partial charge on any atom is -0.341 e. The van der Waals surface area contributed by atoms with Crippen molar-refractivity contribution >= 4 is 29.3 Å². The molecular weight excluding hydrogens is 322 g/mol. The number of amides is 2. The van der Waals surface area contributed by atoms with Gasteiger partial charge >= 0.3 is 0 Å². The number of likely N-dealkylation sites (tertiary alicyclic amines) is 1. The van der Waals surface area contributed by atoms with E-state index < -0.39 is 0 Å². The second kappa shape index (κ2) is 7.57. The number of fused-ring (bicyclic) bond motifs is 1. The van der Waals surface area contributed by atoms with E-state index in [0.717, 1.165) is 43.1 Å². The van der Waals surface area contributed by atoms with Crippen molar-refractivity contribution in [3.63, 3.8) is 0 Å². The largest absolute Gasteiger partial charge is 0.341 e. The van der Waals surface area contributed by atoms with E-state index in [1.165, 1.54) is 0 Å². The predicted molar refractivity (Wildman–Crippen MR) is 97.4 cm³/mol. The van der Waals surface area contributed by atoms with E-state index >= 15 is 0 Å². The summed E-state index contributed by atoms with van der Waals surface area (Å²) in [5.74, 6) is 0.448. The summed E-state index contributed by atoms with van der Waals surface area (Å²) in [5, 5.41) is 0. The molecule has 1 saturated heterocycles. The Morgan fingerprint density at radius 2 is 2.00 bits per heavy atom. The van der Waals surface area contributed by atoms with Gasteiger partial charge < -0.3 is 14.7 Å². The molecule has 1 aromatic rings. The third kappa shape index (κ3) is 3.59. The first-order valence-corrected chi connectivity index (χ1v) is 9.59.